The Labute approximate surface area is 325 Å². The van der Waals surface area contributed by atoms with Crippen molar-refractivity contribution in [3.63, 3.8) is 0 Å². The van der Waals surface area contributed by atoms with Gasteiger partial charge in [0.2, 0.25) is 0 Å². The van der Waals surface area contributed by atoms with Gasteiger partial charge >= 0.3 is 0 Å². The van der Waals surface area contributed by atoms with Crippen LogP contribution in [0.3, 0.4) is 0 Å². The van der Waals surface area contributed by atoms with Crippen LogP contribution in [0.25, 0.3) is 67.5 Å². The zero-order valence-electron chi connectivity index (χ0n) is 30.3. The van der Waals surface area contributed by atoms with Crippen molar-refractivity contribution in [1.29, 1.82) is 0 Å². The second kappa shape index (κ2) is 12.9. The molecule has 8 aromatic carbocycles. The number of hydrogen-bond donors (Lipinski definition) is 0. The monoisotopic (exact) mass is 715 g/mol. The number of nitrogens with zero attached hydrogens (tertiary/aromatic N) is 3. The molecule has 0 saturated heterocycles. The second-order valence-corrected chi connectivity index (χ2v) is 14.3. The first-order chi connectivity index (χ1) is 27.8. The smallest absolute Gasteiger partial charge is 0.164 e. The van der Waals surface area contributed by atoms with Crippen molar-refractivity contribution in [3.05, 3.63) is 222 Å². The molecule has 0 atom stereocenters. The van der Waals surface area contributed by atoms with Gasteiger partial charge in [-0.15, -0.1) is 0 Å². The Morgan fingerprint density at radius 3 is 1.48 bits per heavy atom. The molecule has 2 heterocycles. The van der Waals surface area contributed by atoms with Crippen molar-refractivity contribution in [2.45, 2.75) is 5.41 Å². The largest absolute Gasteiger partial charge is 0.456 e. The van der Waals surface area contributed by atoms with Gasteiger partial charge in [-0.1, -0.05) is 188 Å². The lowest BCUT2D eigenvalue weighted by Crippen LogP contribution is -2.32. The Bertz CT molecular complexity index is 2910. The molecule has 4 heteroatoms. The van der Waals surface area contributed by atoms with E-state index in [1.165, 1.54) is 22.3 Å². The molecule has 9 aromatic rings. The van der Waals surface area contributed by atoms with Crippen molar-refractivity contribution in [3.8, 4) is 79.0 Å². The molecule has 1 aromatic heterocycles. The van der Waals surface area contributed by atoms with E-state index in [2.05, 4.69) is 164 Å². The Balaban J connectivity index is 1.14. The molecule has 11 rings (SSSR count). The topological polar surface area (TPSA) is 47.9 Å². The van der Waals surface area contributed by atoms with Gasteiger partial charge in [-0.3, -0.25) is 0 Å². The van der Waals surface area contributed by atoms with Crippen LogP contribution in [-0.2, 0) is 5.41 Å². The van der Waals surface area contributed by atoms with Gasteiger partial charge in [0.15, 0.2) is 17.5 Å². The molecular formula is C52H33N3O. The van der Waals surface area contributed by atoms with E-state index in [0.717, 1.165) is 61.6 Å². The van der Waals surface area contributed by atoms with Crippen molar-refractivity contribution in [1.82, 2.24) is 15.0 Å². The van der Waals surface area contributed by atoms with Gasteiger partial charge in [0, 0.05) is 33.4 Å². The van der Waals surface area contributed by atoms with Crippen LogP contribution in [0.4, 0.5) is 0 Å². The molecule has 1 spiro atoms. The minimum Gasteiger partial charge on any atom is -0.456 e. The van der Waals surface area contributed by atoms with E-state index in [1.807, 2.05) is 36.4 Å². The van der Waals surface area contributed by atoms with Crippen molar-refractivity contribution in [2.75, 3.05) is 0 Å². The summed E-state index contributed by atoms with van der Waals surface area (Å²) in [6.07, 6.45) is 0. The number of aromatic nitrogens is 3. The van der Waals surface area contributed by atoms with Crippen molar-refractivity contribution >= 4 is 0 Å². The minimum atomic E-state index is -0.563. The fourth-order valence-electron chi connectivity index (χ4n) is 8.81. The van der Waals surface area contributed by atoms with Crippen LogP contribution >= 0.6 is 0 Å². The Hall–Kier alpha value is -7.43. The second-order valence-electron chi connectivity index (χ2n) is 14.3. The molecule has 0 amide bonds. The average molecular weight is 716 g/mol. The summed E-state index contributed by atoms with van der Waals surface area (Å²) in [6.45, 7) is 0. The van der Waals surface area contributed by atoms with Gasteiger partial charge in [-0.05, 0) is 51.1 Å². The Morgan fingerprint density at radius 2 is 0.768 bits per heavy atom. The number of fused-ring (bicyclic) bond motifs is 9. The summed E-state index contributed by atoms with van der Waals surface area (Å²) in [5.41, 5.74) is 13.6. The maximum Gasteiger partial charge on any atom is 0.164 e. The summed E-state index contributed by atoms with van der Waals surface area (Å²) in [4.78, 5) is 15.5. The molecule has 0 fully saturated rings. The first-order valence-corrected chi connectivity index (χ1v) is 18.9. The predicted molar refractivity (Wildman–Crippen MR) is 224 cm³/mol. The number of para-hydroxylation sites is 2. The van der Waals surface area contributed by atoms with Crippen molar-refractivity contribution < 1.29 is 4.74 Å². The number of hydrogen-bond acceptors (Lipinski definition) is 4. The molecule has 4 nitrogen and oxygen atoms in total. The molecule has 1 aliphatic heterocycles. The molecule has 56 heavy (non-hydrogen) atoms. The Kier molecular flexibility index (Phi) is 7.36. The number of benzene rings is 8. The van der Waals surface area contributed by atoms with Gasteiger partial charge in [0.05, 0.1) is 5.41 Å². The van der Waals surface area contributed by atoms with Crippen molar-refractivity contribution in [2.24, 2.45) is 0 Å². The van der Waals surface area contributed by atoms with E-state index in [1.54, 1.807) is 0 Å². The molecule has 0 saturated carbocycles. The summed E-state index contributed by atoms with van der Waals surface area (Å²) in [5.74, 6) is 3.50. The third-order valence-electron chi connectivity index (χ3n) is 11.2. The third-order valence-corrected chi connectivity index (χ3v) is 11.2. The number of rotatable bonds is 5. The fourth-order valence-corrected chi connectivity index (χ4v) is 8.81. The zero-order chi connectivity index (χ0) is 37.1. The lowest BCUT2D eigenvalue weighted by molar-refractivity contribution is 0.438. The maximum atomic E-state index is 7.06. The highest BCUT2D eigenvalue weighted by Gasteiger charge is 2.51. The predicted octanol–water partition coefficient (Wildman–Crippen LogP) is 12.7. The van der Waals surface area contributed by atoms with Gasteiger partial charge in [-0.2, -0.15) is 0 Å². The molecular weight excluding hydrogens is 683 g/mol. The summed E-state index contributed by atoms with van der Waals surface area (Å²) in [7, 11) is 0. The quantitative estimate of drug-likeness (QED) is 0.178. The van der Waals surface area contributed by atoms with Gasteiger partial charge in [0.25, 0.3) is 0 Å². The molecule has 1 aliphatic carbocycles. The van der Waals surface area contributed by atoms with E-state index in [0.29, 0.717) is 17.5 Å². The van der Waals surface area contributed by atoms with E-state index in [4.69, 9.17) is 19.7 Å². The van der Waals surface area contributed by atoms with Crippen LogP contribution in [0.15, 0.2) is 200 Å². The first-order valence-electron chi connectivity index (χ1n) is 18.9. The first kappa shape index (κ1) is 32.0. The van der Waals surface area contributed by atoms with Gasteiger partial charge in [-0.25, -0.2) is 15.0 Å². The molecule has 0 radical (unpaired) electrons. The van der Waals surface area contributed by atoms with Crippen LogP contribution < -0.4 is 4.74 Å². The zero-order valence-corrected chi connectivity index (χ0v) is 30.3. The lowest BCUT2D eigenvalue weighted by atomic mass is 9.65. The van der Waals surface area contributed by atoms with Crippen LogP contribution in [0.5, 0.6) is 11.5 Å². The summed E-state index contributed by atoms with van der Waals surface area (Å²) >= 11 is 0. The third kappa shape index (κ3) is 4.89. The van der Waals surface area contributed by atoms with E-state index < -0.39 is 5.41 Å². The summed E-state index contributed by atoms with van der Waals surface area (Å²) < 4.78 is 7.06. The molecule has 262 valence electrons. The highest BCUT2D eigenvalue weighted by atomic mass is 16.5. The number of ether oxygens (including phenoxy) is 1. The van der Waals surface area contributed by atoms with Crippen LogP contribution in [0.1, 0.15) is 22.3 Å². The molecule has 0 bridgehead atoms. The highest BCUT2D eigenvalue weighted by molar-refractivity contribution is 5.92. The van der Waals surface area contributed by atoms with Crippen LogP contribution in [-0.4, -0.2) is 15.0 Å². The average Bonchev–Trinajstić information content (AvgIpc) is 3.57. The molecule has 0 unspecified atom stereocenters. The SMILES string of the molecule is c1ccc(-c2cccc(-c3nc(-c4ccccc4)nc(-c4ccccc4-c4cccc5c4Oc4ccccc4C54c5ccccc5-c5ccccc54)n3)c2)cc1. The Morgan fingerprint density at radius 1 is 0.304 bits per heavy atom. The van der Waals surface area contributed by atoms with E-state index in [9.17, 15) is 0 Å². The minimum absolute atomic E-state index is 0.563. The fraction of sp³-hybridized carbons (Fsp3) is 0.0192. The summed E-state index contributed by atoms with van der Waals surface area (Å²) in [6, 6.07) is 70.1. The van der Waals surface area contributed by atoms with Gasteiger partial charge < -0.3 is 4.74 Å². The van der Waals surface area contributed by atoms with Crippen LogP contribution in [0, 0.1) is 0 Å². The molecule has 2 aliphatic rings. The van der Waals surface area contributed by atoms with E-state index >= 15 is 0 Å². The lowest BCUT2D eigenvalue weighted by Gasteiger charge is -2.40. The van der Waals surface area contributed by atoms with Gasteiger partial charge in [0.1, 0.15) is 11.5 Å². The van der Waals surface area contributed by atoms with E-state index in [-0.39, 0.29) is 0 Å². The highest BCUT2D eigenvalue weighted by Crippen LogP contribution is 2.63. The molecule has 0 N–H and O–H groups in total. The summed E-state index contributed by atoms with van der Waals surface area (Å²) in [5, 5.41) is 0. The maximum absolute atomic E-state index is 7.06. The standard InChI is InChI=1S/C52H33N3O/c1-3-17-34(18-4-1)36-21-15-22-37(33-36)50-53-49(35-19-5-2-6-20-35)54-51(55-50)42-26-8-7-23-38(42)41-27-16-31-46-48(41)56-47-32-14-13-30-45(47)52(46)43-28-11-9-24-39(43)40-25-10-12-29-44(40)52/h1-33H. The normalized spacial score (nSPS) is 12.9. The van der Waals surface area contributed by atoms with Crippen LogP contribution in [0.2, 0.25) is 0 Å².